The summed E-state index contributed by atoms with van der Waals surface area (Å²) >= 11 is 0. The number of alkyl carbamates (subject to hydrolysis) is 1. The van der Waals surface area contributed by atoms with Crippen molar-refractivity contribution in [1.82, 2.24) is 30.5 Å². The van der Waals surface area contributed by atoms with Crippen LogP contribution in [0.2, 0.25) is 0 Å². The van der Waals surface area contributed by atoms with E-state index in [-0.39, 0.29) is 57.7 Å². The summed E-state index contributed by atoms with van der Waals surface area (Å²) in [6, 6.07) is 9.31. The number of alkyl halides is 3. The van der Waals surface area contributed by atoms with Gasteiger partial charge in [-0.25, -0.2) is 19.2 Å². The van der Waals surface area contributed by atoms with E-state index in [9.17, 15) is 32.3 Å². The molecular formula is C43H50F4N8O6. The predicted molar refractivity (Wildman–Crippen MR) is 219 cm³/mol. The number of amides is 4. The van der Waals surface area contributed by atoms with Gasteiger partial charge in [0.05, 0.1) is 30.1 Å². The molecule has 326 valence electrons. The van der Waals surface area contributed by atoms with Crippen LogP contribution in [0.15, 0.2) is 60.9 Å². The minimum Gasteiger partial charge on any atom is -0.453 e. The fraction of sp³-hybridized carbons (Fsp3) is 0.442. The largest absolute Gasteiger partial charge is 0.573 e. The Labute approximate surface area is 350 Å². The number of hydrogen-bond acceptors (Lipinski definition) is 9. The first-order valence-corrected chi connectivity index (χ1v) is 19.9. The molecule has 6 rings (SSSR count). The highest BCUT2D eigenvalue weighted by Gasteiger charge is 2.50. The van der Waals surface area contributed by atoms with Crippen molar-refractivity contribution in [2.75, 3.05) is 30.8 Å². The van der Waals surface area contributed by atoms with E-state index in [1.165, 1.54) is 37.6 Å². The first kappa shape index (κ1) is 44.4. The molecule has 1 saturated heterocycles. The minimum atomic E-state index is -5.14. The number of ether oxygens (including phenoxy) is 2. The molecule has 4 aromatic rings. The summed E-state index contributed by atoms with van der Waals surface area (Å²) in [7, 11) is 1.23. The Kier molecular flexibility index (Phi) is 12.9. The Morgan fingerprint density at radius 2 is 1.70 bits per heavy atom. The number of benzene rings is 2. The van der Waals surface area contributed by atoms with Crippen LogP contribution in [-0.2, 0) is 14.3 Å². The summed E-state index contributed by atoms with van der Waals surface area (Å²) in [6.45, 7) is 12.4. The van der Waals surface area contributed by atoms with Gasteiger partial charge >= 0.3 is 12.5 Å². The first-order valence-electron chi connectivity index (χ1n) is 19.9. The van der Waals surface area contributed by atoms with E-state index >= 15 is 4.39 Å². The van der Waals surface area contributed by atoms with Gasteiger partial charge in [0, 0.05) is 54.6 Å². The van der Waals surface area contributed by atoms with E-state index in [1.807, 2.05) is 41.5 Å². The molecule has 1 aliphatic heterocycles. The van der Waals surface area contributed by atoms with E-state index in [0.29, 0.717) is 42.4 Å². The topological polar surface area (TPSA) is 180 Å². The van der Waals surface area contributed by atoms with Crippen molar-refractivity contribution >= 4 is 35.3 Å². The van der Waals surface area contributed by atoms with Gasteiger partial charge in [-0.3, -0.25) is 14.4 Å². The Morgan fingerprint density at radius 3 is 2.31 bits per heavy atom. The molecule has 1 aliphatic carbocycles. The lowest BCUT2D eigenvalue weighted by Crippen LogP contribution is -2.51. The number of aromatic amines is 1. The van der Waals surface area contributed by atoms with Crippen LogP contribution in [0, 0.1) is 29.0 Å². The van der Waals surface area contributed by atoms with Gasteiger partial charge in [-0.1, -0.05) is 58.9 Å². The molecule has 2 aliphatic rings. The Hall–Kier alpha value is -6.20. The second-order valence-corrected chi connectivity index (χ2v) is 16.8. The number of aromatic nitrogens is 3. The highest BCUT2D eigenvalue weighted by atomic mass is 19.4. The van der Waals surface area contributed by atoms with Crippen LogP contribution < -0.4 is 26.0 Å². The SMILES string of the molecule is COC(=O)N[C@H](C(=O)N1C[C@@H](C)C[C@H]1c1nc(-c2ccc(-c3cc(F)c(NC(=O)c4ccc(NC[C@H](C)NC(=O)[C@H]5CC5(C)C)nc4)cc3OC(F)(F)F)cc2)c[nH]1)C(C)C. The summed E-state index contributed by atoms with van der Waals surface area (Å²) < 4.78 is 65.5. The third-order valence-electron chi connectivity index (χ3n) is 11.0. The molecule has 0 unspecified atom stereocenters. The smallest absolute Gasteiger partial charge is 0.453 e. The van der Waals surface area contributed by atoms with Crippen molar-refractivity contribution in [2.24, 2.45) is 23.2 Å². The van der Waals surface area contributed by atoms with Crippen molar-refractivity contribution in [3.05, 3.63) is 78.1 Å². The number of halogens is 4. The van der Waals surface area contributed by atoms with Crippen molar-refractivity contribution in [3.8, 4) is 28.1 Å². The third kappa shape index (κ3) is 10.8. The summed E-state index contributed by atoms with van der Waals surface area (Å²) in [5, 5.41) is 11.0. The molecule has 14 nitrogen and oxygen atoms in total. The van der Waals surface area contributed by atoms with Crippen LogP contribution in [0.4, 0.5) is 33.9 Å². The Morgan fingerprint density at radius 1 is 1.02 bits per heavy atom. The molecule has 61 heavy (non-hydrogen) atoms. The second-order valence-electron chi connectivity index (χ2n) is 16.8. The average molecular weight is 851 g/mol. The lowest BCUT2D eigenvalue weighted by atomic mass is 10.0. The zero-order valence-corrected chi connectivity index (χ0v) is 34.9. The van der Waals surface area contributed by atoms with Crippen LogP contribution in [0.3, 0.4) is 0 Å². The molecule has 18 heteroatoms. The fourth-order valence-electron chi connectivity index (χ4n) is 7.38. The standard InChI is InChI=1S/C43H50F4N8O6/c1-22(2)36(54-41(59)60-7)40(58)55-21-23(3)14-33(55)37-50-20-32(52-37)26-10-8-25(9-11-26)28-15-30(44)31(16-34(28)61-43(45,46)47)53-38(56)27-12-13-35(49-19-27)48-18-24(4)51-39(57)29-17-42(29,5)6/h8-13,15-16,19-20,22-24,29,33,36H,14,17-18,21H2,1-7H3,(H,48,49)(H,50,52)(H,51,57)(H,53,56)(H,54,59)/t23-,24-,29+,33-,36-/m0/s1. The van der Waals surface area contributed by atoms with Gasteiger partial charge in [-0.2, -0.15) is 0 Å². The molecule has 5 N–H and O–H groups in total. The second kappa shape index (κ2) is 17.8. The van der Waals surface area contributed by atoms with Crippen molar-refractivity contribution < 1.29 is 46.2 Å². The molecule has 2 fully saturated rings. The molecule has 1 saturated carbocycles. The molecule has 2 aromatic heterocycles. The number of carbonyl (C=O) groups excluding carboxylic acids is 4. The highest BCUT2D eigenvalue weighted by molar-refractivity contribution is 6.04. The lowest BCUT2D eigenvalue weighted by Gasteiger charge is -2.30. The quantitative estimate of drug-likeness (QED) is 0.0796. The van der Waals surface area contributed by atoms with E-state index in [2.05, 4.69) is 36.0 Å². The normalized spacial score (nSPS) is 19.1. The van der Waals surface area contributed by atoms with Crippen molar-refractivity contribution in [2.45, 2.75) is 78.9 Å². The number of pyridine rings is 1. The summed E-state index contributed by atoms with van der Waals surface area (Å²) in [4.78, 5) is 64.9. The summed E-state index contributed by atoms with van der Waals surface area (Å²) in [5.41, 5.74) is 0.511. The minimum absolute atomic E-state index is 0.00513. The number of rotatable bonds is 14. The van der Waals surface area contributed by atoms with Gasteiger partial charge in [-0.05, 0) is 60.8 Å². The number of carbonyl (C=O) groups is 4. The van der Waals surface area contributed by atoms with Crippen LogP contribution >= 0.6 is 0 Å². The van der Waals surface area contributed by atoms with Gasteiger partial charge in [0.25, 0.3) is 5.91 Å². The highest BCUT2D eigenvalue weighted by Crippen LogP contribution is 2.51. The number of nitrogens with one attached hydrogen (secondary N) is 5. The van der Waals surface area contributed by atoms with Crippen LogP contribution in [0.5, 0.6) is 5.75 Å². The summed E-state index contributed by atoms with van der Waals surface area (Å²) in [5.74, 6) is -2.01. The molecule has 0 bridgehead atoms. The van der Waals surface area contributed by atoms with Crippen molar-refractivity contribution in [1.29, 1.82) is 0 Å². The number of imidazole rings is 1. The van der Waals surface area contributed by atoms with Crippen LogP contribution in [0.1, 0.15) is 76.6 Å². The summed E-state index contributed by atoms with van der Waals surface area (Å²) in [6.07, 6.45) is -1.52. The number of hydrogen-bond donors (Lipinski definition) is 5. The molecule has 0 spiro atoms. The zero-order chi connectivity index (χ0) is 44.4. The number of anilines is 2. The van der Waals surface area contributed by atoms with E-state index in [1.54, 1.807) is 23.2 Å². The molecule has 4 amide bonds. The van der Waals surface area contributed by atoms with E-state index in [4.69, 9.17) is 9.72 Å². The average Bonchev–Trinajstić information content (AvgIpc) is 3.48. The maximum absolute atomic E-state index is 15.6. The van der Waals surface area contributed by atoms with Crippen LogP contribution in [-0.4, -0.2) is 82.3 Å². The Bertz CT molecular complexity index is 2250. The molecule has 5 atom stereocenters. The molecule has 3 heterocycles. The monoisotopic (exact) mass is 850 g/mol. The third-order valence-corrected chi connectivity index (χ3v) is 11.0. The maximum atomic E-state index is 15.6. The van der Waals surface area contributed by atoms with Crippen LogP contribution in [0.25, 0.3) is 22.4 Å². The van der Waals surface area contributed by atoms with Gasteiger partial charge in [0.15, 0.2) is 0 Å². The van der Waals surface area contributed by atoms with Gasteiger partial charge in [-0.15, -0.1) is 13.2 Å². The lowest BCUT2D eigenvalue weighted by molar-refractivity contribution is -0.274. The Balaban J connectivity index is 1.13. The number of nitrogens with zero attached hydrogens (tertiary/aromatic N) is 3. The van der Waals surface area contributed by atoms with Crippen molar-refractivity contribution in [3.63, 3.8) is 0 Å². The van der Waals surface area contributed by atoms with E-state index < -0.39 is 47.7 Å². The van der Waals surface area contributed by atoms with Gasteiger partial charge < -0.3 is 40.6 Å². The first-order chi connectivity index (χ1) is 28.7. The fourth-order valence-corrected chi connectivity index (χ4v) is 7.38. The molecule has 0 radical (unpaired) electrons. The van der Waals surface area contributed by atoms with Gasteiger partial charge in [0.2, 0.25) is 11.8 Å². The van der Waals surface area contributed by atoms with E-state index in [0.717, 1.165) is 18.6 Å². The zero-order valence-electron chi connectivity index (χ0n) is 34.9. The number of H-pyrrole nitrogens is 1. The maximum Gasteiger partial charge on any atom is 0.573 e. The number of likely N-dealkylation sites (tertiary alicyclic amines) is 1. The number of methoxy groups -OCH3 is 1. The molecular weight excluding hydrogens is 801 g/mol. The van der Waals surface area contributed by atoms with Gasteiger partial charge in [0.1, 0.15) is 29.3 Å². The molecule has 2 aromatic carbocycles. The predicted octanol–water partition coefficient (Wildman–Crippen LogP) is 7.68.